The molecule has 0 saturated carbocycles. The lowest BCUT2D eigenvalue weighted by Gasteiger charge is -2.11. The van der Waals surface area contributed by atoms with E-state index in [4.69, 9.17) is 0 Å². The number of thioether (sulfide) groups is 1. The Balaban J connectivity index is 1.31. The van der Waals surface area contributed by atoms with Crippen LogP contribution < -0.4 is 14.8 Å². The predicted molar refractivity (Wildman–Crippen MR) is 123 cm³/mol. The minimum atomic E-state index is -3.73. The lowest BCUT2D eigenvalue weighted by molar-refractivity contribution is -0.286. The molecule has 4 aromatic rings. The number of nitrogens with zero attached hydrogens (tertiary/aromatic N) is 3. The van der Waals surface area contributed by atoms with E-state index in [1.165, 1.54) is 30.3 Å². The molecule has 35 heavy (non-hydrogen) atoms. The molecule has 1 aliphatic heterocycles. The van der Waals surface area contributed by atoms with Crippen molar-refractivity contribution in [2.45, 2.75) is 18.0 Å². The Labute approximate surface area is 201 Å². The van der Waals surface area contributed by atoms with E-state index in [-0.39, 0.29) is 34.7 Å². The summed E-state index contributed by atoms with van der Waals surface area (Å²) in [6, 6.07) is 19.6. The highest BCUT2D eigenvalue weighted by atomic mass is 32.2. The molecule has 0 atom stereocenters. The van der Waals surface area contributed by atoms with Gasteiger partial charge in [0.1, 0.15) is 5.82 Å². The molecule has 0 saturated heterocycles. The Kier molecular flexibility index (Phi) is 6.08. The number of rotatable bonds is 7. The Hall–Kier alpha value is -3.99. The van der Waals surface area contributed by atoms with E-state index in [0.717, 1.165) is 17.3 Å². The van der Waals surface area contributed by atoms with E-state index in [9.17, 15) is 18.0 Å². The van der Waals surface area contributed by atoms with Crippen molar-refractivity contribution < 1.29 is 27.4 Å². The van der Waals surface area contributed by atoms with Crippen LogP contribution in [0.5, 0.6) is 11.5 Å². The fourth-order valence-electron chi connectivity index (χ4n) is 3.47. The van der Waals surface area contributed by atoms with Crippen LogP contribution in [0.4, 0.5) is 18.9 Å². The van der Waals surface area contributed by atoms with Crippen LogP contribution in [-0.2, 0) is 11.3 Å². The summed E-state index contributed by atoms with van der Waals surface area (Å²) >= 11 is 1.16. The number of alkyl halides is 2. The van der Waals surface area contributed by atoms with Gasteiger partial charge in [0.15, 0.2) is 22.5 Å². The normalized spacial score (nSPS) is 13.6. The maximum absolute atomic E-state index is 13.4. The molecular formula is C24H17F3N4O3S. The van der Waals surface area contributed by atoms with Gasteiger partial charge in [0.05, 0.1) is 12.3 Å². The Morgan fingerprint density at radius 3 is 2.49 bits per heavy atom. The second-order valence-corrected chi connectivity index (χ2v) is 8.49. The number of carbonyl (C=O) groups is 1. The number of nitrogens with one attached hydrogen (secondary N) is 1. The van der Waals surface area contributed by atoms with E-state index in [1.54, 1.807) is 12.1 Å². The van der Waals surface area contributed by atoms with Crippen LogP contribution in [0.2, 0.25) is 0 Å². The van der Waals surface area contributed by atoms with Crippen molar-refractivity contribution in [3.8, 4) is 22.9 Å². The second kappa shape index (κ2) is 9.34. The molecule has 0 fully saturated rings. The maximum atomic E-state index is 13.4. The zero-order chi connectivity index (χ0) is 24.4. The van der Waals surface area contributed by atoms with Gasteiger partial charge in [0.25, 0.3) is 0 Å². The molecule has 1 aliphatic rings. The van der Waals surface area contributed by atoms with Gasteiger partial charge in [-0.15, -0.1) is 19.0 Å². The van der Waals surface area contributed by atoms with Crippen LogP contribution >= 0.6 is 11.8 Å². The van der Waals surface area contributed by atoms with Gasteiger partial charge in [0.2, 0.25) is 5.91 Å². The number of carbonyl (C=O) groups excluding carboxylic acids is 1. The molecule has 0 aliphatic carbocycles. The highest BCUT2D eigenvalue weighted by molar-refractivity contribution is 7.99. The molecule has 5 rings (SSSR count). The number of halogens is 3. The number of aromatic nitrogens is 3. The molecule has 7 nitrogen and oxygen atoms in total. The van der Waals surface area contributed by atoms with Gasteiger partial charge in [-0.2, -0.15) is 0 Å². The molecule has 1 N–H and O–H groups in total. The number of hydrogen-bond donors (Lipinski definition) is 1. The van der Waals surface area contributed by atoms with Crippen molar-refractivity contribution in [3.63, 3.8) is 0 Å². The second-order valence-electron chi connectivity index (χ2n) is 7.55. The summed E-state index contributed by atoms with van der Waals surface area (Å²) in [6.07, 6.45) is -3.73. The highest BCUT2D eigenvalue weighted by Gasteiger charge is 2.43. The first-order chi connectivity index (χ1) is 16.9. The summed E-state index contributed by atoms with van der Waals surface area (Å²) in [6.45, 7) is 0.445. The third-order valence-corrected chi connectivity index (χ3v) is 5.99. The highest BCUT2D eigenvalue weighted by Crippen LogP contribution is 2.42. The van der Waals surface area contributed by atoms with Crippen LogP contribution in [0.25, 0.3) is 11.4 Å². The summed E-state index contributed by atoms with van der Waals surface area (Å²) < 4.78 is 50.4. The van der Waals surface area contributed by atoms with Crippen LogP contribution in [0.3, 0.4) is 0 Å². The van der Waals surface area contributed by atoms with E-state index in [1.807, 2.05) is 34.9 Å². The molecular weight excluding hydrogens is 481 g/mol. The van der Waals surface area contributed by atoms with Gasteiger partial charge < -0.3 is 14.8 Å². The Bertz CT molecular complexity index is 1360. The smallest absolute Gasteiger partial charge is 0.395 e. The first-order valence-electron chi connectivity index (χ1n) is 10.4. The minimum absolute atomic E-state index is 0.0130. The Morgan fingerprint density at radius 1 is 0.971 bits per heavy atom. The summed E-state index contributed by atoms with van der Waals surface area (Å²) in [5.41, 5.74) is 1.97. The molecule has 0 unspecified atom stereocenters. The lowest BCUT2D eigenvalue weighted by Crippen LogP contribution is -2.25. The average Bonchev–Trinajstić information content (AvgIpc) is 3.37. The largest absolute Gasteiger partial charge is 0.586 e. The first-order valence-corrected chi connectivity index (χ1v) is 11.4. The van der Waals surface area contributed by atoms with Gasteiger partial charge >= 0.3 is 6.29 Å². The van der Waals surface area contributed by atoms with Crippen molar-refractivity contribution in [2.75, 3.05) is 11.1 Å². The predicted octanol–water partition coefficient (Wildman–Crippen LogP) is 5.18. The number of amides is 1. The molecule has 178 valence electrons. The molecule has 0 spiro atoms. The fraction of sp³-hybridized carbons (Fsp3) is 0.125. The monoisotopic (exact) mass is 498 g/mol. The number of benzene rings is 3. The van der Waals surface area contributed by atoms with Gasteiger partial charge in [-0.25, -0.2) is 4.39 Å². The van der Waals surface area contributed by atoms with Crippen LogP contribution in [0, 0.1) is 5.82 Å². The summed E-state index contributed by atoms with van der Waals surface area (Å²) in [4.78, 5) is 12.5. The van der Waals surface area contributed by atoms with Gasteiger partial charge in [-0.1, -0.05) is 42.1 Å². The molecule has 3 aromatic carbocycles. The van der Waals surface area contributed by atoms with Crippen molar-refractivity contribution in [1.29, 1.82) is 0 Å². The van der Waals surface area contributed by atoms with Gasteiger partial charge in [-0.3, -0.25) is 9.36 Å². The van der Waals surface area contributed by atoms with Gasteiger partial charge in [-0.05, 0) is 42.0 Å². The lowest BCUT2D eigenvalue weighted by atomic mass is 10.2. The van der Waals surface area contributed by atoms with Crippen LogP contribution in [-0.4, -0.2) is 32.7 Å². The zero-order valence-corrected chi connectivity index (χ0v) is 18.8. The van der Waals surface area contributed by atoms with Crippen molar-refractivity contribution in [1.82, 2.24) is 14.8 Å². The van der Waals surface area contributed by atoms with Gasteiger partial charge in [0, 0.05) is 17.3 Å². The molecule has 0 radical (unpaired) electrons. The summed E-state index contributed by atoms with van der Waals surface area (Å²) in [7, 11) is 0. The third-order valence-electron chi connectivity index (χ3n) is 5.02. The third kappa shape index (κ3) is 5.24. The maximum Gasteiger partial charge on any atom is 0.586 e. The van der Waals surface area contributed by atoms with E-state index < -0.39 is 6.29 Å². The van der Waals surface area contributed by atoms with Crippen molar-refractivity contribution in [3.05, 3.63) is 84.2 Å². The minimum Gasteiger partial charge on any atom is -0.395 e. The topological polar surface area (TPSA) is 78.3 Å². The first kappa shape index (κ1) is 22.8. The SMILES string of the molecule is O=C(CSc1nnc(-c2ccc(F)cc2)n1Cc1ccccc1)Nc1ccc2c(c1)OC(F)(F)O2. The number of anilines is 1. The van der Waals surface area contributed by atoms with Crippen molar-refractivity contribution in [2.24, 2.45) is 0 Å². The summed E-state index contributed by atoms with van der Waals surface area (Å²) in [5.74, 6) is -0.481. The molecule has 2 heterocycles. The van der Waals surface area contributed by atoms with Crippen LogP contribution in [0.15, 0.2) is 78.0 Å². The number of hydrogen-bond acceptors (Lipinski definition) is 6. The van der Waals surface area contributed by atoms with E-state index in [0.29, 0.717) is 23.1 Å². The average molecular weight is 498 g/mol. The quantitative estimate of drug-likeness (QED) is 0.354. The molecule has 11 heteroatoms. The number of ether oxygens (including phenoxy) is 2. The molecule has 1 aromatic heterocycles. The molecule has 1 amide bonds. The van der Waals surface area contributed by atoms with E-state index in [2.05, 4.69) is 25.0 Å². The van der Waals surface area contributed by atoms with Crippen LogP contribution in [0.1, 0.15) is 5.56 Å². The standard InChI is InChI=1S/C24H17F3N4O3S/c25-17-8-6-16(7-9-17)22-29-30-23(31(22)13-15-4-2-1-3-5-15)35-14-21(32)28-18-10-11-19-20(12-18)34-24(26,27)33-19/h1-12H,13-14H2,(H,28,32). The van der Waals surface area contributed by atoms with Crippen molar-refractivity contribution >= 4 is 23.4 Å². The zero-order valence-electron chi connectivity index (χ0n) is 18.0. The fourth-order valence-corrected chi connectivity index (χ4v) is 4.21. The number of fused-ring (bicyclic) bond motifs is 1. The molecule has 0 bridgehead atoms. The Morgan fingerprint density at radius 2 is 1.71 bits per heavy atom. The van der Waals surface area contributed by atoms with E-state index >= 15 is 0 Å². The summed E-state index contributed by atoms with van der Waals surface area (Å²) in [5, 5.41) is 11.6.